The number of hydrogen-bond donors (Lipinski definition) is 1. The molecule has 1 aromatic heterocycles. The van der Waals surface area contributed by atoms with Gasteiger partial charge in [-0.3, -0.25) is 4.79 Å². The second-order valence-corrected chi connectivity index (χ2v) is 7.70. The van der Waals surface area contributed by atoms with E-state index in [0.717, 1.165) is 62.0 Å². The zero-order chi connectivity index (χ0) is 17.1. The van der Waals surface area contributed by atoms with Gasteiger partial charge in [0.15, 0.2) is 0 Å². The van der Waals surface area contributed by atoms with E-state index >= 15 is 0 Å². The molecule has 2 fully saturated rings. The highest BCUT2D eigenvalue weighted by atomic mass is 16.2. The van der Waals surface area contributed by atoms with Crippen LogP contribution in [0.1, 0.15) is 56.8 Å². The van der Waals surface area contributed by atoms with Crippen LogP contribution in [0.3, 0.4) is 0 Å². The fraction of sp³-hybridized carbons (Fsp3) is 0.737. The standard InChI is InChI=1S/C19H30N4O/c1-13-6-8-17(9-7-13)22-18(24)16-5-4-10-23(12-16)19-20-14(2)11-15(3)21-19/h11,13,16-17H,4-10,12H2,1-3H3,(H,22,24). The smallest absolute Gasteiger partial charge is 0.225 e. The number of piperidine rings is 1. The van der Waals surface area contributed by atoms with Gasteiger partial charge in [0.25, 0.3) is 0 Å². The molecule has 1 aromatic rings. The fourth-order valence-corrected chi connectivity index (χ4v) is 3.95. The quantitative estimate of drug-likeness (QED) is 0.925. The van der Waals surface area contributed by atoms with Crippen LogP contribution in [0.15, 0.2) is 6.07 Å². The SMILES string of the molecule is Cc1cc(C)nc(N2CCCC(C(=O)NC3CCC(C)CC3)C2)n1. The number of rotatable bonds is 3. The normalized spacial score (nSPS) is 27.8. The Hall–Kier alpha value is -1.65. The second kappa shape index (κ2) is 7.49. The highest BCUT2D eigenvalue weighted by Gasteiger charge is 2.29. The first kappa shape index (κ1) is 17.2. The third kappa shape index (κ3) is 4.25. The van der Waals surface area contributed by atoms with Crippen molar-refractivity contribution in [3.8, 4) is 0 Å². The van der Waals surface area contributed by atoms with Crippen molar-refractivity contribution in [2.45, 2.75) is 65.3 Å². The Morgan fingerprint density at radius 2 is 1.79 bits per heavy atom. The molecule has 5 heteroatoms. The molecular weight excluding hydrogens is 300 g/mol. The van der Waals surface area contributed by atoms with E-state index < -0.39 is 0 Å². The van der Waals surface area contributed by atoms with Crippen molar-refractivity contribution in [3.05, 3.63) is 17.5 Å². The first-order valence-corrected chi connectivity index (χ1v) is 9.39. The number of carbonyl (C=O) groups excluding carboxylic acids is 1. The van der Waals surface area contributed by atoms with E-state index in [9.17, 15) is 4.79 Å². The molecule has 1 aliphatic heterocycles. The maximum Gasteiger partial charge on any atom is 0.225 e. The van der Waals surface area contributed by atoms with Crippen molar-refractivity contribution in [1.29, 1.82) is 0 Å². The van der Waals surface area contributed by atoms with E-state index in [0.29, 0.717) is 6.04 Å². The third-order valence-corrected chi connectivity index (χ3v) is 5.41. The summed E-state index contributed by atoms with van der Waals surface area (Å²) in [5.41, 5.74) is 1.97. The summed E-state index contributed by atoms with van der Waals surface area (Å²) in [5.74, 6) is 1.87. The Morgan fingerprint density at radius 3 is 2.46 bits per heavy atom. The Balaban J connectivity index is 1.59. The van der Waals surface area contributed by atoms with Crippen LogP contribution in [-0.4, -0.2) is 35.0 Å². The van der Waals surface area contributed by atoms with Crippen LogP contribution in [-0.2, 0) is 4.79 Å². The number of amides is 1. The van der Waals surface area contributed by atoms with Crippen LogP contribution >= 0.6 is 0 Å². The zero-order valence-electron chi connectivity index (χ0n) is 15.2. The van der Waals surface area contributed by atoms with Crippen LogP contribution in [0.25, 0.3) is 0 Å². The number of carbonyl (C=O) groups is 1. The van der Waals surface area contributed by atoms with Crippen molar-refractivity contribution >= 4 is 11.9 Å². The first-order valence-electron chi connectivity index (χ1n) is 9.39. The number of hydrogen-bond acceptors (Lipinski definition) is 4. The van der Waals surface area contributed by atoms with E-state index in [1.165, 1.54) is 12.8 Å². The van der Waals surface area contributed by atoms with Gasteiger partial charge < -0.3 is 10.2 Å². The molecule has 132 valence electrons. The Labute approximate surface area is 145 Å². The van der Waals surface area contributed by atoms with E-state index in [1.807, 2.05) is 19.9 Å². The maximum atomic E-state index is 12.7. The molecule has 2 heterocycles. The van der Waals surface area contributed by atoms with Crippen LogP contribution in [0.4, 0.5) is 5.95 Å². The number of nitrogens with zero attached hydrogens (tertiary/aromatic N) is 3. The number of nitrogens with one attached hydrogen (secondary N) is 1. The molecule has 1 aliphatic carbocycles. The van der Waals surface area contributed by atoms with Gasteiger partial charge >= 0.3 is 0 Å². The average molecular weight is 330 g/mol. The fourth-order valence-electron chi connectivity index (χ4n) is 3.95. The molecule has 1 amide bonds. The van der Waals surface area contributed by atoms with Gasteiger partial charge in [0, 0.05) is 30.5 Å². The molecule has 1 saturated carbocycles. The summed E-state index contributed by atoms with van der Waals surface area (Å²) in [6.07, 6.45) is 6.72. The van der Waals surface area contributed by atoms with E-state index in [-0.39, 0.29) is 11.8 Å². The number of anilines is 1. The molecule has 1 saturated heterocycles. The van der Waals surface area contributed by atoms with Crippen LogP contribution in [0.5, 0.6) is 0 Å². The Morgan fingerprint density at radius 1 is 1.12 bits per heavy atom. The second-order valence-electron chi connectivity index (χ2n) is 7.70. The summed E-state index contributed by atoms with van der Waals surface area (Å²) in [6.45, 7) is 7.97. The van der Waals surface area contributed by atoms with Gasteiger partial charge in [-0.25, -0.2) is 9.97 Å². The van der Waals surface area contributed by atoms with Crippen LogP contribution < -0.4 is 10.2 Å². The summed E-state index contributed by atoms with van der Waals surface area (Å²) in [6, 6.07) is 2.36. The van der Waals surface area contributed by atoms with Gasteiger partial charge in [-0.05, 0) is 64.4 Å². The largest absolute Gasteiger partial charge is 0.353 e. The molecule has 1 atom stereocenters. The van der Waals surface area contributed by atoms with E-state index in [2.05, 4.69) is 27.1 Å². The first-order chi connectivity index (χ1) is 11.5. The Bertz CT molecular complexity index is 560. The highest BCUT2D eigenvalue weighted by Crippen LogP contribution is 2.25. The molecule has 2 aliphatic rings. The predicted octanol–water partition coefficient (Wildman–Crippen LogP) is 3.00. The van der Waals surface area contributed by atoms with Crippen LogP contribution in [0, 0.1) is 25.7 Å². The molecule has 5 nitrogen and oxygen atoms in total. The summed E-state index contributed by atoms with van der Waals surface area (Å²) >= 11 is 0. The maximum absolute atomic E-state index is 12.7. The lowest BCUT2D eigenvalue weighted by Crippen LogP contribution is -2.47. The van der Waals surface area contributed by atoms with Gasteiger partial charge in [0.05, 0.1) is 5.92 Å². The molecule has 1 N–H and O–H groups in total. The molecule has 0 bridgehead atoms. The van der Waals surface area contributed by atoms with Crippen molar-refractivity contribution in [3.63, 3.8) is 0 Å². The van der Waals surface area contributed by atoms with Crippen molar-refractivity contribution in [1.82, 2.24) is 15.3 Å². The molecule has 0 spiro atoms. The zero-order valence-corrected chi connectivity index (χ0v) is 15.2. The van der Waals surface area contributed by atoms with E-state index in [4.69, 9.17) is 0 Å². The van der Waals surface area contributed by atoms with Gasteiger partial charge in [-0.15, -0.1) is 0 Å². The molecule has 1 unspecified atom stereocenters. The summed E-state index contributed by atoms with van der Waals surface area (Å²) in [5, 5.41) is 3.30. The monoisotopic (exact) mass is 330 g/mol. The summed E-state index contributed by atoms with van der Waals surface area (Å²) in [4.78, 5) is 24.0. The van der Waals surface area contributed by atoms with Crippen molar-refractivity contribution < 1.29 is 4.79 Å². The minimum absolute atomic E-state index is 0.0579. The number of aryl methyl sites for hydroxylation is 2. The lowest BCUT2D eigenvalue weighted by Gasteiger charge is -2.34. The minimum Gasteiger partial charge on any atom is -0.353 e. The molecule has 0 radical (unpaired) electrons. The molecule has 0 aromatic carbocycles. The van der Waals surface area contributed by atoms with Gasteiger partial charge in [-0.1, -0.05) is 6.92 Å². The lowest BCUT2D eigenvalue weighted by molar-refractivity contribution is -0.126. The van der Waals surface area contributed by atoms with E-state index in [1.54, 1.807) is 0 Å². The topological polar surface area (TPSA) is 58.1 Å². The third-order valence-electron chi connectivity index (χ3n) is 5.41. The molecule has 24 heavy (non-hydrogen) atoms. The summed E-state index contributed by atoms with van der Waals surface area (Å²) < 4.78 is 0. The van der Waals surface area contributed by atoms with Crippen molar-refractivity contribution in [2.75, 3.05) is 18.0 Å². The average Bonchev–Trinajstić information content (AvgIpc) is 2.56. The summed E-state index contributed by atoms with van der Waals surface area (Å²) in [7, 11) is 0. The predicted molar refractivity (Wildman–Crippen MR) is 96.0 cm³/mol. The highest BCUT2D eigenvalue weighted by molar-refractivity contribution is 5.79. The number of aromatic nitrogens is 2. The minimum atomic E-state index is 0.0579. The van der Waals surface area contributed by atoms with Crippen LogP contribution in [0.2, 0.25) is 0 Å². The molecule has 3 rings (SSSR count). The van der Waals surface area contributed by atoms with Gasteiger partial charge in [0.2, 0.25) is 11.9 Å². The molecular formula is C19H30N4O. The van der Waals surface area contributed by atoms with Gasteiger partial charge in [0.1, 0.15) is 0 Å². The van der Waals surface area contributed by atoms with Gasteiger partial charge in [-0.2, -0.15) is 0 Å². The lowest BCUT2D eigenvalue weighted by atomic mass is 9.87. The van der Waals surface area contributed by atoms with Crippen molar-refractivity contribution in [2.24, 2.45) is 11.8 Å². The Kier molecular flexibility index (Phi) is 5.36.